The second-order valence-corrected chi connectivity index (χ2v) is 8.54. The van der Waals surface area contributed by atoms with Gasteiger partial charge >= 0.3 is 0 Å². The second kappa shape index (κ2) is 9.85. The molecule has 28 heavy (non-hydrogen) atoms. The normalized spacial score (nSPS) is 17.0. The number of nitrogens with one attached hydrogen (secondary N) is 2. The standard InChI is InChI=1S/C18H27N3O6S/c1-13(17(23)19-9-12-22)20-18(24)14-7-10-21(11-8-14)28(25,26)16-5-3-15(27-2)4-6-16/h3-6,13-14,22H,7-12H2,1-2H3,(H,19,23)(H,20,24)/t13-/m1/s1. The number of amides is 2. The monoisotopic (exact) mass is 413 g/mol. The molecule has 0 saturated carbocycles. The van der Waals surface area contributed by atoms with E-state index in [0.717, 1.165) is 0 Å². The van der Waals surface area contributed by atoms with E-state index in [1.165, 1.54) is 23.5 Å². The average Bonchev–Trinajstić information content (AvgIpc) is 2.71. The van der Waals surface area contributed by atoms with Crippen LogP contribution >= 0.6 is 0 Å². The Morgan fingerprint density at radius 1 is 1.25 bits per heavy atom. The molecule has 1 saturated heterocycles. The maximum atomic E-state index is 12.7. The lowest BCUT2D eigenvalue weighted by Crippen LogP contribution is -2.49. The van der Waals surface area contributed by atoms with E-state index in [1.54, 1.807) is 19.1 Å². The van der Waals surface area contributed by atoms with E-state index in [2.05, 4.69) is 10.6 Å². The Balaban J connectivity index is 1.90. The summed E-state index contributed by atoms with van der Waals surface area (Å²) in [7, 11) is -2.11. The van der Waals surface area contributed by atoms with Crippen molar-refractivity contribution in [3.63, 3.8) is 0 Å². The third kappa shape index (κ3) is 5.43. The van der Waals surface area contributed by atoms with E-state index in [-0.39, 0.29) is 48.9 Å². The van der Waals surface area contributed by atoms with Crippen LogP contribution in [-0.4, -0.2) is 69.0 Å². The van der Waals surface area contributed by atoms with Crippen molar-refractivity contribution in [3.05, 3.63) is 24.3 Å². The predicted molar refractivity (Wildman–Crippen MR) is 102 cm³/mol. The van der Waals surface area contributed by atoms with Gasteiger partial charge in [0.2, 0.25) is 21.8 Å². The highest BCUT2D eigenvalue weighted by Gasteiger charge is 2.32. The van der Waals surface area contributed by atoms with Gasteiger partial charge in [0, 0.05) is 25.6 Å². The van der Waals surface area contributed by atoms with Gasteiger partial charge in [-0.15, -0.1) is 0 Å². The first kappa shape index (κ1) is 22.1. The van der Waals surface area contributed by atoms with E-state index in [9.17, 15) is 18.0 Å². The molecule has 2 rings (SSSR count). The topological polar surface area (TPSA) is 125 Å². The third-order valence-corrected chi connectivity index (χ3v) is 6.60. The summed E-state index contributed by atoms with van der Waals surface area (Å²) in [6, 6.07) is 5.46. The van der Waals surface area contributed by atoms with Crippen LogP contribution in [0.4, 0.5) is 0 Å². The van der Waals surface area contributed by atoms with E-state index >= 15 is 0 Å². The number of piperidine rings is 1. The fourth-order valence-electron chi connectivity index (χ4n) is 2.98. The Bertz CT molecular complexity index is 773. The molecule has 1 aliphatic rings. The van der Waals surface area contributed by atoms with Crippen LogP contribution in [0.3, 0.4) is 0 Å². The zero-order chi connectivity index (χ0) is 20.7. The van der Waals surface area contributed by atoms with Gasteiger partial charge in [0.25, 0.3) is 0 Å². The van der Waals surface area contributed by atoms with Crippen LogP contribution in [0.2, 0.25) is 0 Å². The van der Waals surface area contributed by atoms with Gasteiger partial charge in [0.1, 0.15) is 11.8 Å². The zero-order valence-electron chi connectivity index (χ0n) is 16.1. The molecule has 0 aromatic heterocycles. The zero-order valence-corrected chi connectivity index (χ0v) is 16.9. The Hall–Kier alpha value is -2.17. The highest BCUT2D eigenvalue weighted by Crippen LogP contribution is 2.25. The highest BCUT2D eigenvalue weighted by atomic mass is 32.2. The minimum absolute atomic E-state index is 0.126. The number of hydrogen-bond acceptors (Lipinski definition) is 6. The Kier molecular flexibility index (Phi) is 7.78. The SMILES string of the molecule is COc1ccc(S(=O)(=O)N2CCC(C(=O)N[C@H](C)C(=O)NCCO)CC2)cc1. The molecule has 1 aromatic carbocycles. The summed E-state index contributed by atoms with van der Waals surface area (Å²) in [5, 5.41) is 13.9. The smallest absolute Gasteiger partial charge is 0.243 e. The van der Waals surface area contributed by atoms with Crippen molar-refractivity contribution in [1.29, 1.82) is 0 Å². The molecule has 1 aromatic rings. The van der Waals surface area contributed by atoms with Crippen molar-refractivity contribution < 1.29 is 27.9 Å². The second-order valence-electron chi connectivity index (χ2n) is 6.60. The van der Waals surface area contributed by atoms with Crippen molar-refractivity contribution in [3.8, 4) is 5.75 Å². The molecule has 1 heterocycles. The van der Waals surface area contributed by atoms with Gasteiger partial charge in [-0.2, -0.15) is 4.31 Å². The fraction of sp³-hybridized carbons (Fsp3) is 0.556. The first-order valence-corrected chi connectivity index (χ1v) is 10.6. The van der Waals surface area contributed by atoms with Gasteiger partial charge < -0.3 is 20.5 Å². The molecule has 2 amide bonds. The molecule has 10 heteroatoms. The molecule has 9 nitrogen and oxygen atoms in total. The summed E-state index contributed by atoms with van der Waals surface area (Å²) >= 11 is 0. The number of carbonyl (C=O) groups excluding carboxylic acids is 2. The number of sulfonamides is 1. The number of hydrogen-bond donors (Lipinski definition) is 3. The van der Waals surface area contributed by atoms with Crippen LogP contribution in [0.5, 0.6) is 5.75 Å². The van der Waals surface area contributed by atoms with Crippen LogP contribution in [0.25, 0.3) is 0 Å². The Morgan fingerprint density at radius 2 is 1.86 bits per heavy atom. The molecule has 0 spiro atoms. The minimum atomic E-state index is -3.62. The summed E-state index contributed by atoms with van der Waals surface area (Å²) < 4.78 is 31.9. The number of aliphatic hydroxyl groups excluding tert-OH is 1. The molecule has 3 N–H and O–H groups in total. The first-order chi connectivity index (χ1) is 13.3. The number of carbonyl (C=O) groups is 2. The van der Waals surface area contributed by atoms with Crippen LogP contribution in [-0.2, 0) is 19.6 Å². The molecule has 0 bridgehead atoms. The average molecular weight is 413 g/mol. The Morgan fingerprint density at radius 3 is 2.39 bits per heavy atom. The van der Waals surface area contributed by atoms with Crippen LogP contribution in [0, 0.1) is 5.92 Å². The molecular formula is C18H27N3O6S. The summed E-state index contributed by atoms with van der Waals surface area (Å²) in [4.78, 5) is 24.3. The molecule has 1 fully saturated rings. The third-order valence-electron chi connectivity index (χ3n) is 4.69. The summed E-state index contributed by atoms with van der Waals surface area (Å²) in [6.45, 7) is 1.98. The van der Waals surface area contributed by atoms with Crippen molar-refractivity contribution in [1.82, 2.24) is 14.9 Å². The molecular weight excluding hydrogens is 386 g/mol. The lowest BCUT2D eigenvalue weighted by atomic mass is 9.97. The van der Waals surface area contributed by atoms with E-state index in [1.807, 2.05) is 0 Å². The summed E-state index contributed by atoms with van der Waals surface area (Å²) in [5.41, 5.74) is 0. The lowest BCUT2D eigenvalue weighted by molar-refractivity contribution is -0.131. The van der Waals surface area contributed by atoms with Crippen LogP contribution < -0.4 is 15.4 Å². The molecule has 1 atom stereocenters. The van der Waals surface area contributed by atoms with Crippen molar-refractivity contribution >= 4 is 21.8 Å². The summed E-state index contributed by atoms with van der Waals surface area (Å²) in [6.07, 6.45) is 0.762. The van der Waals surface area contributed by atoms with Crippen molar-refractivity contribution in [2.24, 2.45) is 5.92 Å². The first-order valence-electron chi connectivity index (χ1n) is 9.12. The minimum Gasteiger partial charge on any atom is -0.497 e. The highest BCUT2D eigenvalue weighted by molar-refractivity contribution is 7.89. The number of aliphatic hydroxyl groups is 1. The van der Waals surface area contributed by atoms with E-state index < -0.39 is 16.1 Å². The maximum Gasteiger partial charge on any atom is 0.243 e. The number of methoxy groups -OCH3 is 1. The maximum absolute atomic E-state index is 12.7. The molecule has 0 unspecified atom stereocenters. The van der Waals surface area contributed by atoms with E-state index in [4.69, 9.17) is 9.84 Å². The van der Waals surface area contributed by atoms with E-state index in [0.29, 0.717) is 18.6 Å². The number of nitrogens with zero attached hydrogens (tertiary/aromatic N) is 1. The van der Waals surface area contributed by atoms with Gasteiger partial charge in [-0.1, -0.05) is 0 Å². The van der Waals surface area contributed by atoms with Gasteiger partial charge in [-0.05, 0) is 44.0 Å². The molecule has 156 valence electrons. The molecule has 0 aliphatic carbocycles. The fourth-order valence-corrected chi connectivity index (χ4v) is 4.45. The molecule has 0 radical (unpaired) electrons. The largest absolute Gasteiger partial charge is 0.497 e. The van der Waals surface area contributed by atoms with Crippen molar-refractivity contribution in [2.75, 3.05) is 33.4 Å². The number of benzene rings is 1. The van der Waals surface area contributed by atoms with Crippen LogP contribution in [0.1, 0.15) is 19.8 Å². The lowest BCUT2D eigenvalue weighted by Gasteiger charge is -2.31. The number of rotatable bonds is 8. The van der Waals surface area contributed by atoms with Gasteiger partial charge in [0.05, 0.1) is 18.6 Å². The van der Waals surface area contributed by atoms with Gasteiger partial charge in [-0.25, -0.2) is 8.42 Å². The van der Waals surface area contributed by atoms with Gasteiger partial charge in [0.15, 0.2) is 0 Å². The summed E-state index contributed by atoms with van der Waals surface area (Å²) in [5.74, 6) is -0.419. The van der Waals surface area contributed by atoms with Gasteiger partial charge in [-0.3, -0.25) is 9.59 Å². The van der Waals surface area contributed by atoms with Crippen LogP contribution in [0.15, 0.2) is 29.2 Å². The van der Waals surface area contributed by atoms with Crippen molar-refractivity contribution in [2.45, 2.75) is 30.7 Å². The molecule has 1 aliphatic heterocycles. The predicted octanol–water partition coefficient (Wildman–Crippen LogP) is -0.291. The number of ether oxygens (including phenoxy) is 1. The quantitative estimate of drug-likeness (QED) is 0.538. The Labute approximate surface area is 165 Å².